The zero-order valence-electron chi connectivity index (χ0n) is 14.3. The molecule has 0 fully saturated rings. The fourth-order valence-electron chi connectivity index (χ4n) is 2.28. The van der Waals surface area contributed by atoms with Crippen LogP contribution < -0.4 is 14.2 Å². The van der Waals surface area contributed by atoms with E-state index < -0.39 is 5.91 Å². The molecule has 0 radical (unpaired) electrons. The molecule has 0 heterocycles. The van der Waals surface area contributed by atoms with Gasteiger partial charge in [0.05, 0.1) is 27.0 Å². The lowest BCUT2D eigenvalue weighted by Crippen LogP contribution is -2.13. The Morgan fingerprint density at radius 2 is 1.50 bits per heavy atom. The Kier molecular flexibility index (Phi) is 5.18. The molecular formula is C18H19NO5. The smallest absolute Gasteiger partial charge is 0.277 e. The van der Waals surface area contributed by atoms with E-state index in [-0.39, 0.29) is 5.78 Å². The van der Waals surface area contributed by atoms with Crippen LogP contribution in [0.4, 0.5) is 0 Å². The Morgan fingerprint density at radius 3 is 2.00 bits per heavy atom. The summed E-state index contributed by atoms with van der Waals surface area (Å²) in [5, 5.41) is 0. The number of nitrogens with zero attached hydrogens (tertiary/aromatic N) is 1. The molecular weight excluding hydrogens is 310 g/mol. The van der Waals surface area contributed by atoms with Crippen molar-refractivity contribution in [1.82, 2.24) is 0 Å². The fraction of sp³-hybridized carbons (Fsp3) is 0.278. The van der Waals surface area contributed by atoms with Crippen molar-refractivity contribution >= 4 is 17.4 Å². The highest BCUT2D eigenvalue weighted by atomic mass is 16.5. The van der Waals surface area contributed by atoms with Crippen molar-refractivity contribution in [1.29, 1.82) is 0 Å². The van der Waals surface area contributed by atoms with Crippen LogP contribution in [-0.2, 0) is 4.79 Å². The lowest BCUT2D eigenvalue weighted by Gasteiger charge is -2.13. The summed E-state index contributed by atoms with van der Waals surface area (Å²) in [5.41, 5.74) is 2.02. The first-order valence-electron chi connectivity index (χ1n) is 7.26. The average molecular weight is 329 g/mol. The highest BCUT2D eigenvalue weighted by Crippen LogP contribution is 2.38. The molecule has 0 spiro atoms. The zero-order chi connectivity index (χ0) is 17.9. The third-order valence-corrected chi connectivity index (χ3v) is 3.84. The largest absolute Gasteiger partial charge is 0.493 e. The summed E-state index contributed by atoms with van der Waals surface area (Å²) in [6.07, 6.45) is 2.95. The van der Waals surface area contributed by atoms with Gasteiger partial charge in [-0.2, -0.15) is 0 Å². The maximum Gasteiger partial charge on any atom is 0.277 e. The predicted molar refractivity (Wildman–Crippen MR) is 90.4 cm³/mol. The normalized spacial score (nSPS) is 15.7. The SMILES string of the molecule is COc1cc(C(=O)N=C2C=CC(=O)C(C)=C2C)cc(OC)c1OC. The second-order valence-electron chi connectivity index (χ2n) is 5.16. The maximum atomic E-state index is 12.5. The molecule has 0 saturated heterocycles. The van der Waals surface area contributed by atoms with Crippen LogP contribution in [0.5, 0.6) is 17.2 Å². The Hall–Kier alpha value is -2.89. The summed E-state index contributed by atoms with van der Waals surface area (Å²) in [6, 6.07) is 3.08. The van der Waals surface area contributed by atoms with Gasteiger partial charge in [-0.15, -0.1) is 0 Å². The standard InChI is InChI=1S/C18H19NO5/c1-10-11(2)14(20)7-6-13(10)19-18(21)12-8-15(22-3)17(24-5)16(9-12)23-4/h6-9H,1-5H3. The number of carbonyl (C=O) groups excluding carboxylic acids is 2. The van der Waals surface area contributed by atoms with Gasteiger partial charge in [0, 0.05) is 11.1 Å². The van der Waals surface area contributed by atoms with Crippen molar-refractivity contribution in [2.45, 2.75) is 13.8 Å². The zero-order valence-corrected chi connectivity index (χ0v) is 14.3. The first-order chi connectivity index (χ1) is 11.4. The van der Waals surface area contributed by atoms with Crippen LogP contribution >= 0.6 is 0 Å². The molecule has 0 aromatic heterocycles. The second-order valence-corrected chi connectivity index (χ2v) is 5.16. The van der Waals surface area contributed by atoms with Crippen LogP contribution in [0.1, 0.15) is 24.2 Å². The molecule has 0 unspecified atom stereocenters. The van der Waals surface area contributed by atoms with E-state index in [1.54, 1.807) is 19.9 Å². The van der Waals surface area contributed by atoms with Crippen molar-refractivity contribution in [3.8, 4) is 17.2 Å². The second kappa shape index (κ2) is 7.12. The number of allylic oxidation sites excluding steroid dienone is 4. The minimum atomic E-state index is -0.463. The van der Waals surface area contributed by atoms with Gasteiger partial charge in [-0.25, -0.2) is 4.99 Å². The molecule has 1 aliphatic carbocycles. The predicted octanol–water partition coefficient (Wildman–Crippen LogP) is 2.77. The fourth-order valence-corrected chi connectivity index (χ4v) is 2.28. The van der Waals surface area contributed by atoms with E-state index in [9.17, 15) is 9.59 Å². The number of hydrogen-bond donors (Lipinski definition) is 0. The van der Waals surface area contributed by atoms with Crippen LogP contribution in [-0.4, -0.2) is 38.7 Å². The average Bonchev–Trinajstić information content (AvgIpc) is 2.60. The Bertz CT molecular complexity index is 762. The van der Waals surface area contributed by atoms with Crippen LogP contribution in [0.25, 0.3) is 0 Å². The molecule has 0 saturated carbocycles. The molecule has 0 aliphatic heterocycles. The number of benzene rings is 1. The lowest BCUT2D eigenvalue weighted by atomic mass is 9.97. The van der Waals surface area contributed by atoms with E-state index >= 15 is 0 Å². The van der Waals surface area contributed by atoms with Gasteiger partial charge in [0.2, 0.25) is 5.75 Å². The third-order valence-electron chi connectivity index (χ3n) is 3.84. The van der Waals surface area contributed by atoms with Crippen LogP contribution in [0, 0.1) is 0 Å². The van der Waals surface area contributed by atoms with E-state index in [1.807, 2.05) is 0 Å². The number of ether oxygens (including phenoxy) is 3. The van der Waals surface area contributed by atoms with Gasteiger partial charge >= 0.3 is 0 Å². The van der Waals surface area contributed by atoms with Gasteiger partial charge in [0.1, 0.15) is 0 Å². The molecule has 1 aromatic rings. The van der Waals surface area contributed by atoms with Crippen molar-refractivity contribution in [3.63, 3.8) is 0 Å². The minimum absolute atomic E-state index is 0.0771. The maximum absolute atomic E-state index is 12.5. The minimum Gasteiger partial charge on any atom is -0.493 e. The Labute approximate surface area is 140 Å². The van der Waals surface area contributed by atoms with Crippen LogP contribution in [0.3, 0.4) is 0 Å². The van der Waals surface area contributed by atoms with E-state index in [1.165, 1.54) is 39.5 Å². The third kappa shape index (κ3) is 3.22. The van der Waals surface area contributed by atoms with Gasteiger partial charge in [-0.05, 0) is 43.7 Å². The molecule has 1 aliphatic rings. The molecule has 1 aromatic carbocycles. The van der Waals surface area contributed by atoms with Crippen LogP contribution in [0.2, 0.25) is 0 Å². The number of carbonyl (C=O) groups is 2. The summed E-state index contributed by atoms with van der Waals surface area (Å²) in [7, 11) is 4.44. The summed E-state index contributed by atoms with van der Waals surface area (Å²) in [6.45, 7) is 3.47. The van der Waals surface area contributed by atoms with Gasteiger partial charge in [-0.3, -0.25) is 9.59 Å². The first kappa shape index (κ1) is 17.5. The van der Waals surface area contributed by atoms with E-state index in [0.29, 0.717) is 39.7 Å². The van der Waals surface area contributed by atoms with Gasteiger partial charge in [-0.1, -0.05) is 0 Å². The van der Waals surface area contributed by atoms with E-state index in [0.717, 1.165) is 0 Å². The quantitative estimate of drug-likeness (QED) is 0.794. The molecule has 24 heavy (non-hydrogen) atoms. The number of amides is 1. The van der Waals surface area contributed by atoms with E-state index in [4.69, 9.17) is 14.2 Å². The molecule has 6 nitrogen and oxygen atoms in total. The Morgan fingerprint density at radius 1 is 0.917 bits per heavy atom. The monoisotopic (exact) mass is 329 g/mol. The molecule has 126 valence electrons. The molecule has 1 amide bonds. The molecule has 0 N–H and O–H groups in total. The number of ketones is 1. The van der Waals surface area contributed by atoms with Gasteiger partial charge in [0.25, 0.3) is 5.91 Å². The molecule has 6 heteroatoms. The number of aliphatic imine (C=N–C) groups is 1. The summed E-state index contributed by atoms with van der Waals surface area (Å²) >= 11 is 0. The number of hydrogen-bond acceptors (Lipinski definition) is 5. The highest BCUT2D eigenvalue weighted by molar-refractivity contribution is 6.24. The lowest BCUT2D eigenvalue weighted by molar-refractivity contribution is -0.111. The molecule has 0 bridgehead atoms. The molecule has 0 atom stereocenters. The molecule has 2 rings (SSSR count). The van der Waals surface area contributed by atoms with Crippen molar-refractivity contribution in [2.24, 2.45) is 4.99 Å². The van der Waals surface area contributed by atoms with E-state index in [2.05, 4.69) is 4.99 Å². The topological polar surface area (TPSA) is 74.2 Å². The summed E-state index contributed by atoms with van der Waals surface area (Å²) in [4.78, 5) is 28.2. The van der Waals surface area contributed by atoms with Crippen molar-refractivity contribution in [3.05, 3.63) is 41.0 Å². The van der Waals surface area contributed by atoms with Gasteiger partial charge < -0.3 is 14.2 Å². The van der Waals surface area contributed by atoms with Crippen molar-refractivity contribution < 1.29 is 23.8 Å². The van der Waals surface area contributed by atoms with Crippen molar-refractivity contribution in [2.75, 3.05) is 21.3 Å². The Balaban J connectivity index is 2.46. The first-order valence-corrected chi connectivity index (χ1v) is 7.26. The number of rotatable bonds is 4. The van der Waals surface area contributed by atoms with Gasteiger partial charge in [0.15, 0.2) is 17.3 Å². The summed E-state index contributed by atoms with van der Waals surface area (Å²) < 4.78 is 15.7. The van der Waals surface area contributed by atoms with Crippen LogP contribution in [0.15, 0.2) is 40.4 Å². The highest BCUT2D eigenvalue weighted by Gasteiger charge is 2.19. The number of methoxy groups -OCH3 is 3. The summed E-state index contributed by atoms with van der Waals surface area (Å²) in [5.74, 6) is 0.609.